The van der Waals surface area contributed by atoms with E-state index in [1.165, 1.54) is 5.56 Å². The van der Waals surface area contributed by atoms with E-state index in [1.54, 1.807) is 14.2 Å². The highest BCUT2D eigenvalue weighted by molar-refractivity contribution is 9.10. The monoisotopic (exact) mass is 341 g/mol. The number of nitrogens with one attached hydrogen (secondary N) is 1. The van der Waals surface area contributed by atoms with Gasteiger partial charge in [-0.2, -0.15) is 0 Å². The van der Waals surface area contributed by atoms with Crippen LogP contribution in [0.4, 0.5) is 0 Å². The lowest BCUT2D eigenvalue weighted by Gasteiger charge is -2.13. The van der Waals surface area contributed by atoms with Crippen molar-refractivity contribution in [2.24, 2.45) is 10.8 Å². The van der Waals surface area contributed by atoms with Gasteiger partial charge in [-0.1, -0.05) is 27.7 Å². The van der Waals surface area contributed by atoms with Crippen molar-refractivity contribution in [3.63, 3.8) is 0 Å². The summed E-state index contributed by atoms with van der Waals surface area (Å²) in [5.74, 6) is 1.50. The largest absolute Gasteiger partial charge is 0.493 e. The summed E-state index contributed by atoms with van der Waals surface area (Å²) in [5, 5.41) is 3.65. The molecule has 0 atom stereocenters. The van der Waals surface area contributed by atoms with Gasteiger partial charge in [0.25, 0.3) is 0 Å². The number of hydrogen-bond donors (Lipinski definition) is 1. The van der Waals surface area contributed by atoms with Crippen molar-refractivity contribution < 1.29 is 9.47 Å². The second kappa shape index (κ2) is 5.23. The van der Waals surface area contributed by atoms with Crippen molar-refractivity contribution in [3.8, 4) is 11.5 Å². The van der Waals surface area contributed by atoms with Crippen LogP contribution >= 0.6 is 15.9 Å². The molecule has 1 aliphatic rings. The van der Waals surface area contributed by atoms with Crippen molar-refractivity contribution in [1.82, 2.24) is 5.32 Å². The van der Waals surface area contributed by atoms with E-state index in [0.717, 1.165) is 22.5 Å². The third-order valence-electron chi connectivity index (χ3n) is 5.02. The van der Waals surface area contributed by atoms with Gasteiger partial charge in [0.2, 0.25) is 0 Å². The Hall–Kier alpha value is -0.740. The van der Waals surface area contributed by atoms with E-state index >= 15 is 0 Å². The van der Waals surface area contributed by atoms with Gasteiger partial charge in [-0.25, -0.2) is 0 Å². The maximum atomic E-state index is 5.38. The van der Waals surface area contributed by atoms with Gasteiger partial charge < -0.3 is 14.8 Å². The maximum absolute atomic E-state index is 5.38. The molecule has 0 amide bonds. The molecule has 2 rings (SSSR count). The van der Waals surface area contributed by atoms with Gasteiger partial charge in [0.15, 0.2) is 11.5 Å². The van der Waals surface area contributed by atoms with Crippen LogP contribution in [0.25, 0.3) is 0 Å². The summed E-state index contributed by atoms with van der Waals surface area (Å²) >= 11 is 3.53. The fraction of sp³-hybridized carbons (Fsp3) is 0.625. The third kappa shape index (κ3) is 2.44. The van der Waals surface area contributed by atoms with Crippen LogP contribution in [0.3, 0.4) is 0 Å². The number of halogens is 1. The molecule has 0 heterocycles. The van der Waals surface area contributed by atoms with Crippen LogP contribution in [0.1, 0.15) is 33.3 Å². The predicted molar refractivity (Wildman–Crippen MR) is 85.4 cm³/mol. The molecule has 1 aromatic carbocycles. The van der Waals surface area contributed by atoms with Crippen molar-refractivity contribution >= 4 is 15.9 Å². The number of hydrogen-bond acceptors (Lipinski definition) is 3. The second-order valence-electron chi connectivity index (χ2n) is 6.57. The lowest BCUT2D eigenvalue weighted by Crippen LogP contribution is -2.21. The van der Waals surface area contributed by atoms with Crippen molar-refractivity contribution in [2.75, 3.05) is 14.2 Å². The standard InChI is InChI=1S/C16H24BrNO2/c1-15(2)14(16(15,3)4)18-9-10-7-11(17)13(20-6)12(8-10)19-5/h7-8,14,18H,9H2,1-6H3. The summed E-state index contributed by atoms with van der Waals surface area (Å²) in [5.41, 5.74) is 1.88. The Morgan fingerprint density at radius 1 is 1.10 bits per heavy atom. The normalized spacial score (nSPS) is 19.8. The zero-order valence-electron chi connectivity index (χ0n) is 13.1. The van der Waals surface area contributed by atoms with E-state index in [9.17, 15) is 0 Å². The maximum Gasteiger partial charge on any atom is 0.174 e. The third-order valence-corrected chi connectivity index (χ3v) is 5.61. The summed E-state index contributed by atoms with van der Waals surface area (Å²) in [6, 6.07) is 4.65. The van der Waals surface area contributed by atoms with Crippen LogP contribution in [-0.4, -0.2) is 20.3 Å². The molecule has 112 valence electrons. The van der Waals surface area contributed by atoms with Gasteiger partial charge in [-0.3, -0.25) is 0 Å². The minimum absolute atomic E-state index is 0.348. The first-order chi connectivity index (χ1) is 9.25. The fourth-order valence-electron chi connectivity index (χ4n) is 3.00. The SMILES string of the molecule is COc1cc(CNC2C(C)(C)C2(C)C)cc(Br)c1OC. The van der Waals surface area contributed by atoms with Crippen LogP contribution < -0.4 is 14.8 Å². The Balaban J connectivity index is 2.10. The molecule has 3 nitrogen and oxygen atoms in total. The Bertz CT molecular complexity index is 497. The first-order valence-electron chi connectivity index (χ1n) is 6.89. The molecule has 1 aromatic rings. The summed E-state index contributed by atoms with van der Waals surface area (Å²) in [6.07, 6.45) is 0. The average Bonchev–Trinajstić information content (AvgIpc) is 2.76. The molecule has 0 aromatic heterocycles. The molecule has 0 unspecified atom stereocenters. The van der Waals surface area contributed by atoms with Gasteiger partial charge in [-0.05, 0) is 44.5 Å². The zero-order valence-corrected chi connectivity index (χ0v) is 14.7. The Morgan fingerprint density at radius 3 is 2.15 bits per heavy atom. The number of benzene rings is 1. The van der Waals surface area contributed by atoms with E-state index in [1.807, 2.05) is 6.07 Å². The van der Waals surface area contributed by atoms with Crippen molar-refractivity contribution in [3.05, 3.63) is 22.2 Å². The summed E-state index contributed by atoms with van der Waals surface area (Å²) in [7, 11) is 3.31. The molecule has 4 heteroatoms. The van der Waals surface area contributed by atoms with E-state index in [4.69, 9.17) is 9.47 Å². The highest BCUT2D eigenvalue weighted by Crippen LogP contribution is 2.62. The topological polar surface area (TPSA) is 30.5 Å². The van der Waals surface area contributed by atoms with Gasteiger partial charge in [0.1, 0.15) is 0 Å². The molecule has 0 radical (unpaired) electrons. The van der Waals surface area contributed by atoms with Crippen molar-refractivity contribution in [1.29, 1.82) is 0 Å². The molecule has 0 saturated heterocycles. The van der Waals surface area contributed by atoms with Crippen LogP contribution in [0, 0.1) is 10.8 Å². The molecule has 0 spiro atoms. The van der Waals surface area contributed by atoms with Gasteiger partial charge >= 0.3 is 0 Å². The quantitative estimate of drug-likeness (QED) is 0.878. The molecule has 1 fully saturated rings. The molecule has 0 aliphatic heterocycles. The highest BCUT2D eigenvalue weighted by Gasteiger charge is 2.64. The number of methoxy groups -OCH3 is 2. The summed E-state index contributed by atoms with van der Waals surface area (Å²) in [6.45, 7) is 10.1. The summed E-state index contributed by atoms with van der Waals surface area (Å²) in [4.78, 5) is 0. The van der Waals surface area contributed by atoms with Gasteiger partial charge in [0.05, 0.1) is 18.7 Å². The lowest BCUT2D eigenvalue weighted by molar-refractivity contribution is 0.352. The minimum atomic E-state index is 0.348. The predicted octanol–water partition coefficient (Wildman–Crippen LogP) is 3.99. The smallest absolute Gasteiger partial charge is 0.174 e. The fourth-order valence-corrected chi connectivity index (χ4v) is 3.65. The van der Waals surface area contributed by atoms with Crippen LogP contribution in [0.2, 0.25) is 0 Å². The number of ether oxygens (including phenoxy) is 2. The van der Waals surface area contributed by atoms with E-state index in [2.05, 4.69) is 55.0 Å². The minimum Gasteiger partial charge on any atom is -0.493 e. The van der Waals surface area contributed by atoms with Crippen LogP contribution in [-0.2, 0) is 6.54 Å². The molecule has 1 aliphatic carbocycles. The molecular weight excluding hydrogens is 318 g/mol. The number of rotatable bonds is 5. The van der Waals surface area contributed by atoms with Crippen LogP contribution in [0.5, 0.6) is 11.5 Å². The Kier molecular flexibility index (Phi) is 4.09. The van der Waals surface area contributed by atoms with Gasteiger partial charge in [-0.15, -0.1) is 0 Å². The first-order valence-corrected chi connectivity index (χ1v) is 7.68. The molecule has 20 heavy (non-hydrogen) atoms. The Morgan fingerprint density at radius 2 is 1.70 bits per heavy atom. The molecule has 0 bridgehead atoms. The van der Waals surface area contributed by atoms with Gasteiger partial charge in [0, 0.05) is 12.6 Å². The zero-order chi connectivity index (χ0) is 15.1. The molecule has 1 N–H and O–H groups in total. The molecular formula is C16H24BrNO2. The Labute approximate surface area is 130 Å². The first kappa shape index (κ1) is 15.6. The summed E-state index contributed by atoms with van der Waals surface area (Å²) < 4.78 is 11.6. The molecule has 1 saturated carbocycles. The van der Waals surface area contributed by atoms with E-state index < -0.39 is 0 Å². The lowest BCUT2D eigenvalue weighted by atomic mass is 10.0. The second-order valence-corrected chi connectivity index (χ2v) is 7.42. The van der Waals surface area contributed by atoms with Crippen molar-refractivity contribution in [2.45, 2.75) is 40.3 Å². The average molecular weight is 342 g/mol. The van der Waals surface area contributed by atoms with E-state index in [0.29, 0.717) is 16.9 Å². The van der Waals surface area contributed by atoms with E-state index in [-0.39, 0.29) is 0 Å². The highest BCUT2D eigenvalue weighted by atomic mass is 79.9. The van der Waals surface area contributed by atoms with Crippen LogP contribution in [0.15, 0.2) is 16.6 Å².